The van der Waals surface area contributed by atoms with Gasteiger partial charge in [0.15, 0.2) is 11.5 Å². The van der Waals surface area contributed by atoms with E-state index >= 15 is 0 Å². The minimum Gasteiger partial charge on any atom is -0.493 e. The van der Waals surface area contributed by atoms with Crippen molar-refractivity contribution in [3.05, 3.63) is 78.4 Å². The topological polar surface area (TPSA) is 108 Å². The molecule has 150 valence electrons. The van der Waals surface area contributed by atoms with Crippen LogP contribution in [-0.2, 0) is 21.2 Å². The van der Waals surface area contributed by atoms with Gasteiger partial charge in [-0.3, -0.25) is 4.79 Å². The lowest BCUT2D eigenvalue weighted by molar-refractivity contribution is -0.115. The number of carbonyl (C=O) groups excluding carboxylic acids is 1. The van der Waals surface area contributed by atoms with Crippen molar-refractivity contribution in [1.29, 1.82) is 0 Å². The molecule has 8 heteroatoms. The molecule has 0 saturated heterocycles. The van der Waals surface area contributed by atoms with Crippen molar-refractivity contribution in [3.63, 3.8) is 0 Å². The summed E-state index contributed by atoms with van der Waals surface area (Å²) >= 11 is 0. The lowest BCUT2D eigenvalue weighted by Gasteiger charge is -2.11. The Bertz CT molecular complexity index is 1090. The number of sulfonamides is 1. The molecule has 0 bridgehead atoms. The van der Waals surface area contributed by atoms with E-state index in [4.69, 9.17) is 14.6 Å². The highest BCUT2D eigenvalue weighted by Gasteiger charge is 2.09. The van der Waals surface area contributed by atoms with Gasteiger partial charge in [-0.25, -0.2) is 13.6 Å². The third kappa shape index (κ3) is 5.56. The largest absolute Gasteiger partial charge is 0.493 e. The molecule has 0 radical (unpaired) electrons. The summed E-state index contributed by atoms with van der Waals surface area (Å²) in [5.74, 6) is 1.59. The average molecular weight is 412 g/mol. The molecular weight excluding hydrogens is 392 g/mol. The smallest absolute Gasteiger partial charge is 0.238 e. The third-order valence-corrected chi connectivity index (χ3v) is 4.98. The number of primary sulfonamides is 1. The predicted molar refractivity (Wildman–Crippen MR) is 110 cm³/mol. The minimum absolute atomic E-state index is 0.00675. The maximum Gasteiger partial charge on any atom is 0.238 e. The van der Waals surface area contributed by atoms with E-state index in [1.54, 1.807) is 55.6 Å². The van der Waals surface area contributed by atoms with Crippen LogP contribution >= 0.6 is 0 Å². The molecule has 0 atom stereocenters. The van der Waals surface area contributed by atoms with E-state index < -0.39 is 10.0 Å². The number of amides is 1. The van der Waals surface area contributed by atoms with Crippen LogP contribution in [0.4, 0.5) is 5.69 Å². The first-order valence-electron chi connectivity index (χ1n) is 8.68. The van der Waals surface area contributed by atoms with E-state index in [0.717, 1.165) is 0 Å². The summed E-state index contributed by atoms with van der Waals surface area (Å²) in [6, 6.07) is 20.1. The van der Waals surface area contributed by atoms with Crippen molar-refractivity contribution < 1.29 is 22.7 Å². The second kappa shape index (κ2) is 8.76. The Hall–Kier alpha value is -3.36. The highest BCUT2D eigenvalue weighted by Crippen LogP contribution is 2.31. The molecule has 3 aromatic carbocycles. The van der Waals surface area contributed by atoms with E-state index in [-0.39, 0.29) is 17.2 Å². The number of nitrogens with two attached hydrogens (primary N) is 1. The minimum atomic E-state index is -3.75. The molecule has 0 unspecified atom stereocenters. The van der Waals surface area contributed by atoms with Crippen molar-refractivity contribution in [2.75, 3.05) is 12.4 Å². The van der Waals surface area contributed by atoms with Crippen molar-refractivity contribution in [2.24, 2.45) is 5.14 Å². The van der Waals surface area contributed by atoms with E-state index in [0.29, 0.717) is 28.5 Å². The van der Waals surface area contributed by atoms with Crippen LogP contribution in [0.3, 0.4) is 0 Å². The van der Waals surface area contributed by atoms with Gasteiger partial charge in [0.1, 0.15) is 5.75 Å². The Balaban J connectivity index is 1.60. The Morgan fingerprint density at radius 1 is 0.931 bits per heavy atom. The number of benzene rings is 3. The molecular formula is C21H20N2O5S. The SMILES string of the molecule is COc1ccccc1Oc1ccc(NC(=O)Cc2ccc(S(N)(=O)=O)cc2)cc1. The number of nitrogens with one attached hydrogen (secondary N) is 1. The average Bonchev–Trinajstić information content (AvgIpc) is 2.69. The van der Waals surface area contributed by atoms with Gasteiger partial charge in [0.25, 0.3) is 0 Å². The molecule has 0 aliphatic rings. The highest BCUT2D eigenvalue weighted by molar-refractivity contribution is 7.89. The highest BCUT2D eigenvalue weighted by atomic mass is 32.2. The number of ether oxygens (including phenoxy) is 2. The van der Waals surface area contributed by atoms with Crippen LogP contribution in [-0.4, -0.2) is 21.4 Å². The monoisotopic (exact) mass is 412 g/mol. The normalized spacial score (nSPS) is 11.0. The number of carbonyl (C=O) groups is 1. The molecule has 3 rings (SSSR count). The van der Waals surface area contributed by atoms with Gasteiger partial charge < -0.3 is 14.8 Å². The van der Waals surface area contributed by atoms with Crippen molar-refractivity contribution in [3.8, 4) is 17.2 Å². The lowest BCUT2D eigenvalue weighted by atomic mass is 10.1. The lowest BCUT2D eigenvalue weighted by Crippen LogP contribution is -2.15. The molecule has 29 heavy (non-hydrogen) atoms. The third-order valence-electron chi connectivity index (χ3n) is 4.05. The van der Waals surface area contributed by atoms with Crippen LogP contribution < -0.4 is 19.9 Å². The Labute approximate surface area is 169 Å². The van der Waals surface area contributed by atoms with E-state index in [1.807, 2.05) is 12.1 Å². The number of hydrogen-bond acceptors (Lipinski definition) is 5. The standard InChI is InChI=1S/C21H20N2O5S/c1-27-19-4-2-3-5-20(19)28-17-10-8-16(9-11-17)23-21(24)14-15-6-12-18(13-7-15)29(22,25)26/h2-13H,14H2,1H3,(H,23,24)(H2,22,25,26). The van der Waals surface area contributed by atoms with Gasteiger partial charge in [-0.1, -0.05) is 24.3 Å². The van der Waals surface area contributed by atoms with Gasteiger partial charge in [-0.15, -0.1) is 0 Å². The van der Waals surface area contributed by atoms with Gasteiger partial charge in [0.2, 0.25) is 15.9 Å². The number of rotatable bonds is 7. The fourth-order valence-electron chi connectivity index (χ4n) is 2.62. The Morgan fingerprint density at radius 3 is 2.14 bits per heavy atom. The van der Waals surface area contributed by atoms with Gasteiger partial charge >= 0.3 is 0 Å². The molecule has 7 nitrogen and oxygen atoms in total. The van der Waals surface area contributed by atoms with Crippen LogP contribution in [0.2, 0.25) is 0 Å². The fraction of sp³-hybridized carbons (Fsp3) is 0.0952. The molecule has 3 aromatic rings. The summed E-state index contributed by atoms with van der Waals surface area (Å²) in [7, 11) is -2.18. The van der Waals surface area contributed by atoms with Gasteiger partial charge in [-0.2, -0.15) is 0 Å². The van der Waals surface area contributed by atoms with Gasteiger partial charge in [0, 0.05) is 5.69 Å². The van der Waals surface area contributed by atoms with E-state index in [9.17, 15) is 13.2 Å². The van der Waals surface area contributed by atoms with E-state index in [1.165, 1.54) is 12.1 Å². The van der Waals surface area contributed by atoms with Crippen molar-refractivity contribution >= 4 is 21.6 Å². The maximum absolute atomic E-state index is 12.2. The second-order valence-electron chi connectivity index (χ2n) is 6.19. The van der Waals surface area contributed by atoms with Crippen LogP contribution in [0, 0.1) is 0 Å². The number of para-hydroxylation sites is 2. The Morgan fingerprint density at radius 2 is 1.55 bits per heavy atom. The molecule has 0 spiro atoms. The zero-order chi connectivity index (χ0) is 20.9. The first kappa shape index (κ1) is 20.4. The Kier molecular flexibility index (Phi) is 6.16. The summed E-state index contributed by atoms with van der Waals surface area (Å²) in [4.78, 5) is 12.2. The fourth-order valence-corrected chi connectivity index (χ4v) is 3.14. The molecule has 3 N–H and O–H groups in total. The van der Waals surface area contributed by atoms with Crippen molar-refractivity contribution in [1.82, 2.24) is 0 Å². The zero-order valence-corrected chi connectivity index (χ0v) is 16.5. The van der Waals surface area contributed by atoms with E-state index in [2.05, 4.69) is 5.32 Å². The zero-order valence-electron chi connectivity index (χ0n) is 15.7. The van der Waals surface area contributed by atoms with Crippen LogP contribution in [0.1, 0.15) is 5.56 Å². The summed E-state index contributed by atoms with van der Waals surface area (Å²) in [5.41, 5.74) is 1.29. The summed E-state index contributed by atoms with van der Waals surface area (Å²) in [5, 5.41) is 7.85. The predicted octanol–water partition coefficient (Wildman–Crippen LogP) is 3.32. The molecule has 1 amide bonds. The molecule has 0 fully saturated rings. The number of methoxy groups -OCH3 is 1. The first-order chi connectivity index (χ1) is 13.8. The summed E-state index contributed by atoms with van der Waals surface area (Å²) < 4.78 is 33.6. The molecule has 0 aliphatic heterocycles. The van der Waals surface area contributed by atoms with Crippen LogP contribution in [0.25, 0.3) is 0 Å². The maximum atomic E-state index is 12.2. The summed E-state index contributed by atoms with van der Waals surface area (Å²) in [6.07, 6.45) is 0.102. The number of anilines is 1. The number of hydrogen-bond donors (Lipinski definition) is 2. The first-order valence-corrected chi connectivity index (χ1v) is 10.2. The molecule has 0 aliphatic carbocycles. The second-order valence-corrected chi connectivity index (χ2v) is 7.75. The van der Waals surface area contributed by atoms with Gasteiger partial charge in [-0.05, 0) is 54.1 Å². The molecule has 0 aromatic heterocycles. The van der Waals surface area contributed by atoms with Gasteiger partial charge in [0.05, 0.1) is 18.4 Å². The molecule has 0 saturated carbocycles. The quantitative estimate of drug-likeness (QED) is 0.619. The van der Waals surface area contributed by atoms with Crippen LogP contribution in [0.15, 0.2) is 77.7 Å². The van der Waals surface area contributed by atoms with Crippen LogP contribution in [0.5, 0.6) is 17.2 Å². The summed E-state index contributed by atoms with van der Waals surface area (Å²) in [6.45, 7) is 0. The molecule has 0 heterocycles. The van der Waals surface area contributed by atoms with Crippen molar-refractivity contribution in [2.45, 2.75) is 11.3 Å².